The van der Waals surface area contributed by atoms with Gasteiger partial charge in [0.2, 0.25) is 0 Å². The van der Waals surface area contributed by atoms with Gasteiger partial charge >= 0.3 is 5.97 Å². The summed E-state index contributed by atoms with van der Waals surface area (Å²) in [6.07, 6.45) is 0.297. The van der Waals surface area contributed by atoms with Crippen molar-refractivity contribution in [2.45, 2.75) is 18.6 Å². The molecule has 1 aliphatic rings. The van der Waals surface area contributed by atoms with Crippen LogP contribution in [0.25, 0.3) is 0 Å². The summed E-state index contributed by atoms with van der Waals surface area (Å²) in [5.41, 5.74) is 0. The summed E-state index contributed by atoms with van der Waals surface area (Å²) in [5, 5.41) is 7.81. The van der Waals surface area contributed by atoms with Crippen molar-refractivity contribution >= 4 is 15.8 Å². The Morgan fingerprint density at radius 2 is 2.18 bits per heavy atom. The molecule has 4 nitrogen and oxygen atoms in total. The number of hydrogen-bond acceptors (Lipinski definition) is 3. The molecule has 0 unspecified atom stereocenters. The Labute approximate surface area is 65.1 Å². The molecule has 1 aliphatic carbocycles. The second-order valence-corrected chi connectivity index (χ2v) is 5.18. The van der Waals surface area contributed by atoms with Crippen LogP contribution in [0.5, 0.6) is 0 Å². The summed E-state index contributed by atoms with van der Waals surface area (Å²) in [6, 6.07) is 0. The molecule has 0 aromatic rings. The van der Waals surface area contributed by atoms with E-state index in [1.165, 1.54) is 6.92 Å². The van der Waals surface area contributed by atoms with E-state index in [1.54, 1.807) is 0 Å². The van der Waals surface area contributed by atoms with E-state index in [4.69, 9.17) is 5.11 Å². The van der Waals surface area contributed by atoms with Crippen molar-refractivity contribution in [1.82, 2.24) is 0 Å². The van der Waals surface area contributed by atoms with Gasteiger partial charge in [-0.1, -0.05) is 6.92 Å². The number of aliphatic carboxylic acids is 1. The van der Waals surface area contributed by atoms with E-state index in [9.17, 15) is 13.2 Å². The molecule has 5 heteroatoms. The Morgan fingerprint density at radius 3 is 2.45 bits per heavy atom. The Bertz CT molecular complexity index is 266. The van der Waals surface area contributed by atoms with E-state index in [-0.39, 0.29) is 5.75 Å². The average molecular weight is 178 g/mol. The van der Waals surface area contributed by atoms with Crippen LogP contribution in [0.3, 0.4) is 0 Å². The maximum atomic E-state index is 11.0. The SMILES string of the molecule is CCS(=O)(=O)[C@@H]1C[C@H]1C(=O)O. The second kappa shape index (κ2) is 2.48. The fourth-order valence-corrected chi connectivity index (χ4v) is 2.59. The van der Waals surface area contributed by atoms with E-state index in [1.807, 2.05) is 0 Å². The van der Waals surface area contributed by atoms with Crippen LogP contribution in [0.1, 0.15) is 13.3 Å². The summed E-state index contributed by atoms with van der Waals surface area (Å²) >= 11 is 0. The maximum absolute atomic E-state index is 11.0. The molecule has 0 bridgehead atoms. The van der Waals surface area contributed by atoms with Crippen LogP contribution in [0.4, 0.5) is 0 Å². The number of rotatable bonds is 3. The molecule has 11 heavy (non-hydrogen) atoms. The monoisotopic (exact) mass is 178 g/mol. The molecule has 0 heterocycles. The summed E-state index contributed by atoms with van der Waals surface area (Å²) in [7, 11) is -3.10. The smallest absolute Gasteiger partial charge is 0.307 e. The Kier molecular flexibility index (Phi) is 1.92. The molecule has 0 aromatic heterocycles. The normalized spacial score (nSPS) is 29.9. The Hall–Kier alpha value is -0.580. The molecule has 0 radical (unpaired) electrons. The number of carboxylic acids is 1. The lowest BCUT2D eigenvalue weighted by molar-refractivity contribution is -0.138. The second-order valence-electron chi connectivity index (χ2n) is 2.67. The van der Waals surface area contributed by atoms with Gasteiger partial charge in [0.05, 0.1) is 11.2 Å². The lowest BCUT2D eigenvalue weighted by atomic mass is 10.4. The Morgan fingerprint density at radius 1 is 1.64 bits per heavy atom. The molecule has 1 saturated carbocycles. The van der Waals surface area contributed by atoms with E-state index in [0.717, 1.165) is 0 Å². The number of carboxylic acid groups (broad SMARTS) is 1. The Balaban J connectivity index is 2.64. The standard InChI is InChI=1S/C6H10O4S/c1-2-11(9,10)5-3-4(5)6(7)8/h4-5H,2-3H2,1H3,(H,7,8)/t4-,5-/m1/s1. The van der Waals surface area contributed by atoms with Crippen molar-refractivity contribution in [2.75, 3.05) is 5.75 Å². The first kappa shape index (κ1) is 8.52. The van der Waals surface area contributed by atoms with Crippen molar-refractivity contribution in [3.05, 3.63) is 0 Å². The van der Waals surface area contributed by atoms with Crippen molar-refractivity contribution in [1.29, 1.82) is 0 Å². The summed E-state index contributed by atoms with van der Waals surface area (Å²) in [6.45, 7) is 1.53. The quantitative estimate of drug-likeness (QED) is 0.654. The van der Waals surface area contributed by atoms with Crippen LogP contribution in [-0.4, -0.2) is 30.5 Å². The van der Waals surface area contributed by atoms with Crippen LogP contribution in [0, 0.1) is 5.92 Å². The van der Waals surface area contributed by atoms with Gasteiger partial charge in [0.1, 0.15) is 0 Å². The van der Waals surface area contributed by atoms with Gasteiger partial charge in [-0.2, -0.15) is 0 Å². The van der Waals surface area contributed by atoms with Gasteiger partial charge < -0.3 is 5.11 Å². The van der Waals surface area contributed by atoms with Gasteiger partial charge in [-0.3, -0.25) is 4.79 Å². The molecule has 0 aromatic carbocycles. The topological polar surface area (TPSA) is 71.4 Å². The van der Waals surface area contributed by atoms with E-state index in [2.05, 4.69) is 0 Å². The summed E-state index contributed by atoms with van der Waals surface area (Å²) < 4.78 is 22.0. The van der Waals surface area contributed by atoms with Gasteiger partial charge in [-0.15, -0.1) is 0 Å². The minimum Gasteiger partial charge on any atom is -0.481 e. The minimum absolute atomic E-state index is 0.0431. The highest BCUT2D eigenvalue weighted by Gasteiger charge is 2.50. The van der Waals surface area contributed by atoms with Crippen molar-refractivity contribution in [2.24, 2.45) is 5.92 Å². The third-order valence-electron chi connectivity index (χ3n) is 1.91. The molecular weight excluding hydrogens is 168 g/mol. The molecular formula is C6H10O4S. The average Bonchev–Trinajstić information content (AvgIpc) is 2.65. The van der Waals surface area contributed by atoms with Crippen LogP contribution in [0.15, 0.2) is 0 Å². The third-order valence-corrected chi connectivity index (χ3v) is 4.16. The predicted octanol–water partition coefficient (Wildman–Crippen LogP) is -0.106. The van der Waals surface area contributed by atoms with Crippen LogP contribution < -0.4 is 0 Å². The molecule has 64 valence electrons. The molecule has 2 atom stereocenters. The van der Waals surface area contributed by atoms with Gasteiger partial charge in [0.25, 0.3) is 0 Å². The van der Waals surface area contributed by atoms with Crippen molar-refractivity contribution in [3.8, 4) is 0 Å². The molecule has 1 fully saturated rings. The lowest BCUT2D eigenvalue weighted by Gasteiger charge is -1.95. The number of hydrogen-bond donors (Lipinski definition) is 1. The molecule has 0 spiro atoms. The van der Waals surface area contributed by atoms with Gasteiger partial charge in [0, 0.05) is 5.75 Å². The lowest BCUT2D eigenvalue weighted by Crippen LogP contribution is -2.14. The van der Waals surface area contributed by atoms with Crippen LogP contribution in [-0.2, 0) is 14.6 Å². The van der Waals surface area contributed by atoms with E-state index in [0.29, 0.717) is 6.42 Å². The summed E-state index contributed by atoms with van der Waals surface area (Å²) in [4.78, 5) is 10.3. The molecule has 1 rings (SSSR count). The highest BCUT2D eigenvalue weighted by atomic mass is 32.2. The van der Waals surface area contributed by atoms with E-state index >= 15 is 0 Å². The van der Waals surface area contributed by atoms with Gasteiger partial charge in [-0.05, 0) is 6.42 Å². The predicted molar refractivity (Wildman–Crippen MR) is 39.0 cm³/mol. The first-order chi connectivity index (χ1) is 4.99. The van der Waals surface area contributed by atoms with Crippen molar-refractivity contribution in [3.63, 3.8) is 0 Å². The fourth-order valence-electron chi connectivity index (χ4n) is 1.04. The van der Waals surface area contributed by atoms with Gasteiger partial charge in [0.15, 0.2) is 9.84 Å². The van der Waals surface area contributed by atoms with Crippen LogP contribution >= 0.6 is 0 Å². The first-order valence-electron chi connectivity index (χ1n) is 3.43. The molecule has 0 aliphatic heterocycles. The zero-order valence-electron chi connectivity index (χ0n) is 6.15. The summed E-state index contributed by atoms with van der Waals surface area (Å²) in [5.74, 6) is -1.59. The highest BCUT2D eigenvalue weighted by molar-refractivity contribution is 7.92. The zero-order valence-corrected chi connectivity index (χ0v) is 6.97. The molecule has 0 amide bonds. The van der Waals surface area contributed by atoms with E-state index < -0.39 is 27.0 Å². The fraction of sp³-hybridized carbons (Fsp3) is 0.833. The third kappa shape index (κ3) is 1.53. The van der Waals surface area contributed by atoms with Gasteiger partial charge in [-0.25, -0.2) is 8.42 Å². The van der Waals surface area contributed by atoms with Crippen LogP contribution in [0.2, 0.25) is 0 Å². The number of carbonyl (C=O) groups is 1. The number of sulfone groups is 1. The maximum Gasteiger partial charge on any atom is 0.307 e. The zero-order chi connectivity index (χ0) is 8.65. The molecule has 1 N–H and O–H groups in total. The minimum atomic E-state index is -3.10. The van der Waals surface area contributed by atoms with Crippen molar-refractivity contribution < 1.29 is 18.3 Å². The highest BCUT2D eigenvalue weighted by Crippen LogP contribution is 2.37. The largest absolute Gasteiger partial charge is 0.481 e. The first-order valence-corrected chi connectivity index (χ1v) is 5.15. The molecule has 0 saturated heterocycles.